The molecule has 2 fully saturated rings. The zero-order chi connectivity index (χ0) is 23.2. The first kappa shape index (κ1) is 22.5. The zero-order valence-corrected chi connectivity index (χ0v) is 20.0. The maximum atomic E-state index is 12.8. The molecule has 0 amide bonds. The van der Waals surface area contributed by atoms with Gasteiger partial charge >= 0.3 is 0 Å². The number of allylic oxidation sites excluding steroid dienone is 4. The lowest BCUT2D eigenvalue weighted by atomic mass is 9.47. The number of aldehydes is 1. The van der Waals surface area contributed by atoms with Crippen LogP contribution in [0.3, 0.4) is 0 Å². The highest BCUT2D eigenvalue weighted by Crippen LogP contribution is 2.66. The highest BCUT2D eigenvalue weighted by molar-refractivity contribution is 5.92. The Morgan fingerprint density at radius 2 is 1.88 bits per heavy atom. The summed E-state index contributed by atoms with van der Waals surface area (Å²) in [5.41, 5.74) is 3.45. The quantitative estimate of drug-likeness (QED) is 0.483. The molecule has 5 rings (SSSR count). The van der Waals surface area contributed by atoms with Crippen molar-refractivity contribution >= 4 is 17.9 Å². The van der Waals surface area contributed by atoms with Gasteiger partial charge in [-0.05, 0) is 104 Å². The number of carbonyl (C=O) groups excluding carboxylic acids is 3. The number of Topliss-reactive ketones (excluding diaryl/α,β-unsaturated/α-hetero) is 1. The van der Waals surface area contributed by atoms with Crippen LogP contribution < -0.4 is 0 Å². The zero-order valence-electron chi connectivity index (χ0n) is 20.0. The van der Waals surface area contributed by atoms with E-state index in [4.69, 9.17) is 0 Å². The summed E-state index contributed by atoms with van der Waals surface area (Å²) in [6.45, 7) is 4.20. The van der Waals surface area contributed by atoms with Gasteiger partial charge in [-0.2, -0.15) is 0 Å². The third-order valence-electron chi connectivity index (χ3n) is 9.95. The Labute approximate surface area is 197 Å². The molecular weight excluding hydrogens is 408 g/mol. The van der Waals surface area contributed by atoms with Crippen molar-refractivity contribution in [2.45, 2.75) is 71.6 Å². The van der Waals surface area contributed by atoms with Crippen molar-refractivity contribution in [2.24, 2.45) is 34.5 Å². The first-order valence-electron chi connectivity index (χ1n) is 12.9. The minimum absolute atomic E-state index is 0.105. The van der Waals surface area contributed by atoms with E-state index in [0.29, 0.717) is 30.0 Å². The minimum Gasteiger partial charge on any atom is -0.300 e. The van der Waals surface area contributed by atoms with Gasteiger partial charge in [0.25, 0.3) is 0 Å². The van der Waals surface area contributed by atoms with Crippen LogP contribution in [0.15, 0.2) is 48.1 Å². The van der Waals surface area contributed by atoms with E-state index in [1.54, 1.807) is 0 Å². The number of carbonyl (C=O) groups is 3. The minimum atomic E-state index is 0.105. The highest BCUT2D eigenvalue weighted by atomic mass is 16.1. The second-order valence-electron chi connectivity index (χ2n) is 11.4. The maximum absolute atomic E-state index is 12.8. The fourth-order valence-electron chi connectivity index (χ4n) is 8.29. The number of hydrogen-bond acceptors (Lipinski definition) is 3. The van der Waals surface area contributed by atoms with Crippen LogP contribution in [0.5, 0.6) is 0 Å². The predicted molar refractivity (Wildman–Crippen MR) is 130 cm³/mol. The summed E-state index contributed by atoms with van der Waals surface area (Å²) >= 11 is 0. The van der Waals surface area contributed by atoms with Crippen LogP contribution in [0, 0.1) is 34.5 Å². The largest absolute Gasteiger partial charge is 0.300 e. The lowest BCUT2D eigenvalue weighted by Crippen LogP contribution is -2.50. The molecular formula is C30H36O3. The van der Waals surface area contributed by atoms with E-state index < -0.39 is 0 Å². The summed E-state index contributed by atoms with van der Waals surface area (Å²) < 4.78 is 0. The van der Waals surface area contributed by atoms with E-state index in [2.05, 4.69) is 31.2 Å². The van der Waals surface area contributed by atoms with Crippen molar-refractivity contribution in [3.8, 4) is 0 Å². The summed E-state index contributed by atoms with van der Waals surface area (Å²) in [5.74, 6) is 2.50. The molecule has 33 heavy (non-hydrogen) atoms. The third-order valence-corrected chi connectivity index (χ3v) is 9.95. The van der Waals surface area contributed by atoms with Crippen molar-refractivity contribution in [1.82, 2.24) is 0 Å². The molecule has 0 unspecified atom stereocenters. The van der Waals surface area contributed by atoms with E-state index in [1.807, 2.05) is 25.1 Å². The Hall–Kier alpha value is -2.29. The molecule has 6 atom stereocenters. The molecule has 0 saturated heterocycles. The number of ketones is 2. The maximum Gasteiger partial charge on any atom is 0.156 e. The van der Waals surface area contributed by atoms with Gasteiger partial charge in [0, 0.05) is 17.9 Å². The molecule has 0 spiro atoms. The second kappa shape index (κ2) is 8.49. The fourth-order valence-corrected chi connectivity index (χ4v) is 8.29. The van der Waals surface area contributed by atoms with E-state index in [1.165, 1.54) is 11.1 Å². The van der Waals surface area contributed by atoms with E-state index in [9.17, 15) is 14.4 Å². The van der Waals surface area contributed by atoms with Crippen LogP contribution >= 0.6 is 0 Å². The average Bonchev–Trinajstić information content (AvgIpc) is 3.20. The fraction of sp³-hybridized carbons (Fsp3) is 0.567. The first-order chi connectivity index (χ1) is 15.9. The number of aryl methyl sites for hydroxylation is 1. The van der Waals surface area contributed by atoms with E-state index in [-0.39, 0.29) is 22.5 Å². The predicted octanol–water partition coefficient (Wildman–Crippen LogP) is 6.32. The number of fused-ring (bicyclic) bond motifs is 5. The van der Waals surface area contributed by atoms with Crippen molar-refractivity contribution in [3.05, 3.63) is 59.2 Å². The molecule has 3 nitrogen and oxygen atoms in total. The Bertz CT molecular complexity index is 1020. The Morgan fingerprint density at radius 3 is 2.61 bits per heavy atom. The second-order valence-corrected chi connectivity index (χ2v) is 11.4. The molecule has 0 N–H and O–H groups in total. The van der Waals surface area contributed by atoms with Crippen molar-refractivity contribution in [1.29, 1.82) is 0 Å². The van der Waals surface area contributed by atoms with E-state index >= 15 is 0 Å². The molecule has 1 aromatic carbocycles. The SMILES string of the molecule is CC(=O)[C@H]1CC[C@H]2[C@@H]3C=CC4=CC(=O)CC[C@@]4(C)[C@@H]3CC[C@]12CCCc1ccc(C=O)cc1. The summed E-state index contributed by atoms with van der Waals surface area (Å²) in [4.78, 5) is 35.8. The summed E-state index contributed by atoms with van der Waals surface area (Å²) in [7, 11) is 0. The monoisotopic (exact) mass is 444 g/mol. The molecule has 4 aliphatic rings. The molecule has 0 bridgehead atoms. The topological polar surface area (TPSA) is 51.2 Å². The lowest BCUT2D eigenvalue weighted by molar-refractivity contribution is -0.128. The molecule has 0 heterocycles. The summed E-state index contributed by atoms with van der Waals surface area (Å²) in [6, 6.07) is 7.93. The molecule has 174 valence electrons. The third kappa shape index (κ3) is 3.68. The van der Waals surface area contributed by atoms with Gasteiger partial charge in [0.2, 0.25) is 0 Å². The first-order valence-corrected chi connectivity index (χ1v) is 12.9. The lowest BCUT2D eigenvalue weighted by Gasteiger charge is -2.57. The van der Waals surface area contributed by atoms with Crippen LogP contribution in [0.25, 0.3) is 0 Å². The van der Waals surface area contributed by atoms with Gasteiger partial charge < -0.3 is 0 Å². The van der Waals surface area contributed by atoms with Crippen LogP contribution in [0.4, 0.5) is 0 Å². The molecule has 0 aliphatic heterocycles. The van der Waals surface area contributed by atoms with Gasteiger partial charge in [-0.15, -0.1) is 0 Å². The van der Waals surface area contributed by atoms with E-state index in [0.717, 1.165) is 63.2 Å². The molecule has 4 aliphatic carbocycles. The number of rotatable bonds is 6. The Morgan fingerprint density at radius 1 is 1.09 bits per heavy atom. The van der Waals surface area contributed by atoms with Crippen LogP contribution in [-0.4, -0.2) is 17.9 Å². The molecule has 0 radical (unpaired) electrons. The molecule has 0 aromatic heterocycles. The van der Waals surface area contributed by atoms with Crippen LogP contribution in [-0.2, 0) is 16.0 Å². The van der Waals surface area contributed by atoms with Gasteiger partial charge in [0.15, 0.2) is 5.78 Å². The van der Waals surface area contributed by atoms with Crippen molar-refractivity contribution < 1.29 is 14.4 Å². The van der Waals surface area contributed by atoms with Crippen molar-refractivity contribution in [2.75, 3.05) is 0 Å². The standard InChI is InChI=1S/C30H36O3/c1-20(32)26-11-12-28-25-10-9-23-18-24(33)13-16-29(23,2)27(25)14-17-30(26,28)15-3-4-21-5-7-22(19-31)8-6-21/h5-10,18-19,25-28H,3-4,11-17H2,1-2H3/t25-,26-,27-,28+,29-,30-/m1/s1. The average molecular weight is 445 g/mol. The summed E-state index contributed by atoms with van der Waals surface area (Å²) in [6.07, 6.45) is 16.8. The molecule has 3 heteroatoms. The van der Waals surface area contributed by atoms with Gasteiger partial charge in [-0.3, -0.25) is 14.4 Å². The highest BCUT2D eigenvalue weighted by Gasteiger charge is 2.60. The molecule has 2 saturated carbocycles. The Kier molecular flexibility index (Phi) is 5.79. The number of benzene rings is 1. The van der Waals surface area contributed by atoms with Gasteiger partial charge in [0.1, 0.15) is 12.1 Å². The van der Waals surface area contributed by atoms with Gasteiger partial charge in [-0.25, -0.2) is 0 Å². The Balaban J connectivity index is 1.40. The number of hydrogen-bond donors (Lipinski definition) is 0. The summed E-state index contributed by atoms with van der Waals surface area (Å²) in [5, 5.41) is 0. The van der Waals surface area contributed by atoms with Crippen LogP contribution in [0.2, 0.25) is 0 Å². The van der Waals surface area contributed by atoms with Crippen LogP contribution in [0.1, 0.15) is 81.1 Å². The van der Waals surface area contributed by atoms with Gasteiger partial charge in [-0.1, -0.05) is 43.3 Å². The normalized spacial score (nSPS) is 37.0. The molecule has 1 aromatic rings. The van der Waals surface area contributed by atoms with Crippen molar-refractivity contribution in [3.63, 3.8) is 0 Å². The van der Waals surface area contributed by atoms with Gasteiger partial charge in [0.05, 0.1) is 0 Å². The smallest absolute Gasteiger partial charge is 0.156 e.